The van der Waals surface area contributed by atoms with Gasteiger partial charge in [0.25, 0.3) is 0 Å². The molecular weight excluding hydrogens is 200 g/mol. The quantitative estimate of drug-likeness (QED) is 0.712. The van der Waals surface area contributed by atoms with E-state index in [2.05, 4.69) is 6.07 Å². The molecule has 0 aromatic heterocycles. The molecule has 1 aromatic carbocycles. The Balaban J connectivity index is 3.04. The second kappa shape index (κ2) is 5.39. The highest BCUT2D eigenvalue weighted by Gasteiger charge is 2.07. The molecule has 0 atom stereocenters. The Morgan fingerprint density at radius 2 is 1.75 bits per heavy atom. The van der Waals surface area contributed by atoms with E-state index in [1.165, 1.54) is 0 Å². The molecule has 0 N–H and O–H groups in total. The molecule has 0 saturated heterocycles. The van der Waals surface area contributed by atoms with Crippen molar-refractivity contribution in [2.75, 3.05) is 18.0 Å². The van der Waals surface area contributed by atoms with E-state index in [4.69, 9.17) is 15.8 Å². The van der Waals surface area contributed by atoms with Gasteiger partial charge in [0.2, 0.25) is 0 Å². The average Bonchev–Trinajstić information content (AvgIpc) is 2.28. The van der Waals surface area contributed by atoms with E-state index in [-0.39, 0.29) is 13.1 Å². The van der Waals surface area contributed by atoms with E-state index in [1.807, 2.05) is 25.1 Å². The van der Waals surface area contributed by atoms with Crippen molar-refractivity contribution in [3.8, 4) is 18.2 Å². The van der Waals surface area contributed by atoms with Crippen LogP contribution in [-0.2, 0) is 0 Å². The van der Waals surface area contributed by atoms with Crippen molar-refractivity contribution in [3.05, 3.63) is 29.3 Å². The lowest BCUT2D eigenvalue weighted by Gasteiger charge is -2.18. The number of benzene rings is 1. The number of nitriles is 3. The minimum atomic E-state index is 0.166. The Bertz CT molecular complexity index is 483. The second-order valence-electron chi connectivity index (χ2n) is 3.28. The summed E-state index contributed by atoms with van der Waals surface area (Å²) in [5.41, 5.74) is 2.25. The molecule has 16 heavy (non-hydrogen) atoms. The fourth-order valence-electron chi connectivity index (χ4n) is 1.38. The largest absolute Gasteiger partial charge is 0.345 e. The van der Waals surface area contributed by atoms with Crippen LogP contribution >= 0.6 is 0 Å². The summed E-state index contributed by atoms with van der Waals surface area (Å²) < 4.78 is 0. The van der Waals surface area contributed by atoms with Crippen molar-refractivity contribution in [2.24, 2.45) is 0 Å². The summed E-state index contributed by atoms with van der Waals surface area (Å²) in [6.07, 6.45) is 0. The first-order chi connectivity index (χ1) is 7.72. The van der Waals surface area contributed by atoms with E-state index in [0.29, 0.717) is 5.56 Å². The van der Waals surface area contributed by atoms with Crippen molar-refractivity contribution in [1.82, 2.24) is 0 Å². The van der Waals surface area contributed by atoms with E-state index < -0.39 is 0 Å². The maximum absolute atomic E-state index is 8.79. The van der Waals surface area contributed by atoms with Gasteiger partial charge < -0.3 is 4.90 Å². The summed E-state index contributed by atoms with van der Waals surface area (Å²) in [7, 11) is 0. The smallest absolute Gasteiger partial charge is 0.106 e. The van der Waals surface area contributed by atoms with Crippen LogP contribution in [0, 0.1) is 40.9 Å². The molecule has 78 valence electrons. The van der Waals surface area contributed by atoms with Crippen LogP contribution in [0.5, 0.6) is 0 Å². The highest BCUT2D eigenvalue weighted by molar-refractivity contribution is 5.54. The third-order valence-corrected chi connectivity index (χ3v) is 2.22. The van der Waals surface area contributed by atoms with Gasteiger partial charge in [0.1, 0.15) is 13.1 Å². The van der Waals surface area contributed by atoms with Crippen molar-refractivity contribution >= 4 is 5.69 Å². The SMILES string of the molecule is Cc1cc(N(CC#N)CC#N)ccc1C#N. The van der Waals surface area contributed by atoms with Crippen LogP contribution < -0.4 is 4.90 Å². The first-order valence-electron chi connectivity index (χ1n) is 4.72. The van der Waals surface area contributed by atoms with Crippen molar-refractivity contribution in [2.45, 2.75) is 6.92 Å². The van der Waals surface area contributed by atoms with Crippen LogP contribution in [0.1, 0.15) is 11.1 Å². The topological polar surface area (TPSA) is 74.6 Å². The molecule has 0 aliphatic carbocycles. The first kappa shape index (κ1) is 11.6. The molecule has 1 aromatic rings. The monoisotopic (exact) mass is 210 g/mol. The highest BCUT2D eigenvalue weighted by atomic mass is 15.1. The van der Waals surface area contributed by atoms with Gasteiger partial charge in [-0.2, -0.15) is 15.8 Å². The number of aryl methyl sites for hydroxylation is 1. The summed E-state index contributed by atoms with van der Waals surface area (Å²) >= 11 is 0. The number of hydrogen-bond donors (Lipinski definition) is 0. The normalized spacial score (nSPS) is 8.62. The zero-order chi connectivity index (χ0) is 12.0. The van der Waals surface area contributed by atoms with Crippen LogP contribution in [0.15, 0.2) is 18.2 Å². The Morgan fingerprint density at radius 3 is 2.19 bits per heavy atom. The molecule has 0 unspecified atom stereocenters. The molecule has 0 aliphatic rings. The zero-order valence-corrected chi connectivity index (χ0v) is 8.94. The molecule has 0 spiro atoms. The summed E-state index contributed by atoms with van der Waals surface area (Å²) in [6.45, 7) is 2.16. The third-order valence-electron chi connectivity index (χ3n) is 2.22. The number of nitrogens with zero attached hydrogens (tertiary/aromatic N) is 4. The molecule has 4 nitrogen and oxygen atoms in total. The van der Waals surface area contributed by atoms with Crippen LogP contribution in [0.25, 0.3) is 0 Å². The summed E-state index contributed by atoms with van der Waals surface area (Å²) in [6, 6.07) is 11.4. The summed E-state index contributed by atoms with van der Waals surface area (Å²) in [5, 5.41) is 26.1. The molecule has 0 fully saturated rings. The Morgan fingerprint density at radius 1 is 1.12 bits per heavy atom. The molecule has 0 radical (unpaired) electrons. The van der Waals surface area contributed by atoms with E-state index >= 15 is 0 Å². The first-order valence-corrected chi connectivity index (χ1v) is 4.72. The minimum Gasteiger partial charge on any atom is -0.345 e. The van der Waals surface area contributed by atoms with Gasteiger partial charge in [0, 0.05) is 5.69 Å². The van der Waals surface area contributed by atoms with Gasteiger partial charge in [-0.05, 0) is 30.7 Å². The predicted molar refractivity (Wildman–Crippen MR) is 59.3 cm³/mol. The Hall–Kier alpha value is -2.51. The van der Waals surface area contributed by atoms with Gasteiger partial charge in [0.05, 0.1) is 23.8 Å². The molecule has 0 heterocycles. The second-order valence-corrected chi connectivity index (χ2v) is 3.28. The molecule has 0 saturated carbocycles. The molecule has 1 rings (SSSR count). The third kappa shape index (κ3) is 2.50. The minimum absolute atomic E-state index is 0.166. The molecular formula is C12H10N4. The Kier molecular flexibility index (Phi) is 3.90. The number of rotatable bonds is 3. The summed E-state index contributed by atoms with van der Waals surface area (Å²) in [4.78, 5) is 1.66. The Labute approximate surface area is 94.6 Å². The van der Waals surface area contributed by atoms with Crippen molar-refractivity contribution in [3.63, 3.8) is 0 Å². The lowest BCUT2D eigenvalue weighted by Crippen LogP contribution is -2.23. The van der Waals surface area contributed by atoms with Gasteiger partial charge >= 0.3 is 0 Å². The molecule has 0 aliphatic heterocycles. The fraction of sp³-hybridized carbons (Fsp3) is 0.250. The van der Waals surface area contributed by atoms with Gasteiger partial charge in [-0.15, -0.1) is 0 Å². The van der Waals surface area contributed by atoms with Gasteiger partial charge in [-0.25, -0.2) is 0 Å². The van der Waals surface area contributed by atoms with Crippen molar-refractivity contribution in [1.29, 1.82) is 15.8 Å². The number of hydrogen-bond acceptors (Lipinski definition) is 4. The standard InChI is InChI=1S/C12H10N4/c1-10-8-12(3-2-11(10)9-15)16(6-4-13)7-5-14/h2-3,8H,6-7H2,1H3. The predicted octanol–water partition coefficient (Wildman–Crippen LogP) is 1.72. The molecule has 0 bridgehead atoms. The van der Waals surface area contributed by atoms with Crippen LogP contribution in [0.4, 0.5) is 5.69 Å². The van der Waals surface area contributed by atoms with Crippen molar-refractivity contribution < 1.29 is 0 Å². The van der Waals surface area contributed by atoms with Gasteiger partial charge in [-0.1, -0.05) is 0 Å². The van der Waals surface area contributed by atoms with Crippen LogP contribution in [0.3, 0.4) is 0 Å². The molecule has 0 amide bonds. The van der Waals surface area contributed by atoms with Crippen LogP contribution in [0.2, 0.25) is 0 Å². The van der Waals surface area contributed by atoms with E-state index in [9.17, 15) is 0 Å². The summed E-state index contributed by atoms with van der Waals surface area (Å²) in [5.74, 6) is 0. The maximum Gasteiger partial charge on any atom is 0.106 e. The van der Waals surface area contributed by atoms with E-state index in [1.54, 1.807) is 17.0 Å². The van der Waals surface area contributed by atoms with Gasteiger partial charge in [0.15, 0.2) is 0 Å². The highest BCUT2D eigenvalue weighted by Crippen LogP contribution is 2.18. The van der Waals surface area contributed by atoms with Gasteiger partial charge in [-0.3, -0.25) is 0 Å². The lowest BCUT2D eigenvalue weighted by molar-refractivity contribution is 0.964. The average molecular weight is 210 g/mol. The maximum atomic E-state index is 8.79. The van der Waals surface area contributed by atoms with Crippen LogP contribution in [-0.4, -0.2) is 13.1 Å². The van der Waals surface area contributed by atoms with E-state index in [0.717, 1.165) is 11.3 Å². The fourth-order valence-corrected chi connectivity index (χ4v) is 1.38. The lowest BCUT2D eigenvalue weighted by atomic mass is 10.1. The molecule has 4 heteroatoms. The number of anilines is 1. The zero-order valence-electron chi connectivity index (χ0n) is 8.94.